The van der Waals surface area contributed by atoms with Crippen molar-refractivity contribution >= 4 is 17.4 Å². The molecule has 7 heteroatoms. The Kier molecular flexibility index (Phi) is 5.03. The summed E-state index contributed by atoms with van der Waals surface area (Å²) in [6.07, 6.45) is 4.71. The number of carbonyl (C=O) groups is 1. The molecular weight excluding hydrogens is 336 g/mol. The number of nitrogens with zero attached hydrogens (tertiary/aromatic N) is 2. The van der Waals surface area contributed by atoms with Gasteiger partial charge in [0.05, 0.1) is 24.0 Å². The highest BCUT2D eigenvalue weighted by Crippen LogP contribution is 2.38. The summed E-state index contributed by atoms with van der Waals surface area (Å²) in [6, 6.07) is 4.09. The molecule has 4 rings (SSSR count). The highest BCUT2D eigenvalue weighted by atomic mass is 32.1. The zero-order chi connectivity index (χ0) is 17.1. The molecule has 2 fully saturated rings. The molecule has 0 spiro atoms. The van der Waals surface area contributed by atoms with Gasteiger partial charge < -0.3 is 15.0 Å². The third-order valence-electron chi connectivity index (χ3n) is 4.77. The van der Waals surface area contributed by atoms with Crippen LogP contribution in [0.25, 0.3) is 0 Å². The Balaban J connectivity index is 1.35. The molecule has 0 unspecified atom stereocenters. The number of ether oxygens (including phenoxy) is 1. The summed E-state index contributed by atoms with van der Waals surface area (Å²) < 4.78 is 5.72. The Hall–Kier alpha value is -1.86. The molecule has 0 aromatic carbocycles. The minimum atomic E-state index is -0.0516. The van der Waals surface area contributed by atoms with Crippen molar-refractivity contribution in [2.75, 3.05) is 13.2 Å². The van der Waals surface area contributed by atoms with Gasteiger partial charge in [0.25, 0.3) is 0 Å². The van der Waals surface area contributed by atoms with Crippen LogP contribution in [0.4, 0.5) is 4.79 Å². The van der Waals surface area contributed by atoms with E-state index in [9.17, 15) is 4.79 Å². The van der Waals surface area contributed by atoms with Crippen LogP contribution in [0.2, 0.25) is 0 Å². The Morgan fingerprint density at radius 3 is 3.08 bits per heavy atom. The number of H-pyrrole nitrogens is 1. The van der Waals surface area contributed by atoms with Gasteiger partial charge in [-0.05, 0) is 54.1 Å². The lowest BCUT2D eigenvalue weighted by Gasteiger charge is -2.25. The minimum Gasteiger partial charge on any atom is -0.376 e. The molecule has 3 heterocycles. The van der Waals surface area contributed by atoms with Crippen LogP contribution in [0, 0.1) is 0 Å². The number of thiophene rings is 1. The number of aromatic amines is 1. The van der Waals surface area contributed by atoms with E-state index in [1.807, 2.05) is 10.3 Å². The molecule has 0 bridgehead atoms. The van der Waals surface area contributed by atoms with Gasteiger partial charge in [-0.25, -0.2) is 4.79 Å². The molecule has 1 aliphatic heterocycles. The normalized spacial score (nSPS) is 19.9. The number of urea groups is 1. The molecule has 1 saturated heterocycles. The Labute approximate surface area is 151 Å². The molecule has 2 aromatic rings. The van der Waals surface area contributed by atoms with Gasteiger partial charge in [0.2, 0.25) is 0 Å². The average molecular weight is 360 g/mol. The van der Waals surface area contributed by atoms with Crippen molar-refractivity contribution in [2.24, 2.45) is 0 Å². The van der Waals surface area contributed by atoms with E-state index in [-0.39, 0.29) is 12.1 Å². The van der Waals surface area contributed by atoms with Crippen LogP contribution in [-0.2, 0) is 17.8 Å². The van der Waals surface area contributed by atoms with Crippen LogP contribution in [-0.4, -0.2) is 40.4 Å². The number of rotatable bonds is 7. The van der Waals surface area contributed by atoms with Gasteiger partial charge in [-0.2, -0.15) is 16.4 Å². The molecule has 0 radical (unpaired) electrons. The van der Waals surface area contributed by atoms with Crippen molar-refractivity contribution < 1.29 is 9.53 Å². The third-order valence-corrected chi connectivity index (χ3v) is 5.50. The molecule has 1 aliphatic carbocycles. The lowest BCUT2D eigenvalue weighted by molar-refractivity contribution is 0.0794. The number of amides is 2. The first-order valence-electron chi connectivity index (χ1n) is 8.97. The first kappa shape index (κ1) is 16.6. The van der Waals surface area contributed by atoms with Crippen LogP contribution in [0.3, 0.4) is 0 Å². The Bertz CT molecular complexity index is 690. The first-order chi connectivity index (χ1) is 12.3. The summed E-state index contributed by atoms with van der Waals surface area (Å²) in [5.41, 5.74) is 3.25. The molecule has 2 N–H and O–H groups in total. The van der Waals surface area contributed by atoms with Crippen molar-refractivity contribution in [3.8, 4) is 0 Å². The Morgan fingerprint density at radius 1 is 1.44 bits per heavy atom. The standard InChI is InChI=1S/C18H24N4O2S/c23-18(19-9-15-8-17(21-20-15)14-3-4-14)22(10-13-5-7-25-12-13)11-16-2-1-6-24-16/h5,7-8,12,14,16H,1-4,6,9-11H2,(H,19,23)(H,20,21)/t16-/m1/s1. The van der Waals surface area contributed by atoms with Gasteiger partial charge in [-0.1, -0.05) is 0 Å². The number of nitrogens with one attached hydrogen (secondary N) is 2. The molecular formula is C18H24N4O2S. The second-order valence-electron chi connectivity index (χ2n) is 6.90. The molecule has 1 atom stereocenters. The monoisotopic (exact) mass is 360 g/mol. The van der Waals surface area contributed by atoms with Gasteiger partial charge in [0, 0.05) is 25.6 Å². The SMILES string of the molecule is O=C(NCc1cc(C2CC2)n[nH]1)N(Cc1ccsc1)C[C@H]1CCCO1. The molecule has 2 amide bonds. The van der Waals surface area contributed by atoms with Gasteiger partial charge in [-0.3, -0.25) is 5.10 Å². The summed E-state index contributed by atoms with van der Waals surface area (Å²) in [5.74, 6) is 0.621. The van der Waals surface area contributed by atoms with Gasteiger partial charge in [-0.15, -0.1) is 0 Å². The highest BCUT2D eigenvalue weighted by molar-refractivity contribution is 7.07. The molecule has 25 heavy (non-hydrogen) atoms. The van der Waals surface area contributed by atoms with Crippen LogP contribution in [0.15, 0.2) is 22.9 Å². The smallest absolute Gasteiger partial charge is 0.318 e. The maximum absolute atomic E-state index is 12.7. The fourth-order valence-corrected chi connectivity index (χ4v) is 3.86. The number of carbonyl (C=O) groups excluding carboxylic acids is 1. The number of hydrogen-bond donors (Lipinski definition) is 2. The van der Waals surface area contributed by atoms with E-state index in [1.54, 1.807) is 11.3 Å². The fraction of sp³-hybridized carbons (Fsp3) is 0.556. The fourth-order valence-electron chi connectivity index (χ4n) is 3.20. The second kappa shape index (κ2) is 7.58. The quantitative estimate of drug-likeness (QED) is 0.796. The summed E-state index contributed by atoms with van der Waals surface area (Å²) in [7, 11) is 0. The van der Waals surface area contributed by atoms with E-state index in [1.165, 1.54) is 12.8 Å². The zero-order valence-corrected chi connectivity index (χ0v) is 15.1. The summed E-state index contributed by atoms with van der Waals surface area (Å²) in [6.45, 7) is 2.53. The van der Waals surface area contributed by atoms with Crippen molar-refractivity contribution in [1.29, 1.82) is 0 Å². The van der Waals surface area contributed by atoms with Crippen molar-refractivity contribution in [1.82, 2.24) is 20.4 Å². The molecule has 2 aromatic heterocycles. The van der Waals surface area contributed by atoms with Gasteiger partial charge in [0.1, 0.15) is 0 Å². The van der Waals surface area contributed by atoms with Gasteiger partial charge in [0.15, 0.2) is 0 Å². The summed E-state index contributed by atoms with van der Waals surface area (Å²) in [4.78, 5) is 14.6. The molecule has 1 saturated carbocycles. The molecule has 134 valence electrons. The zero-order valence-electron chi connectivity index (χ0n) is 14.2. The average Bonchev–Trinajstić information content (AvgIpc) is 3.05. The molecule has 2 aliphatic rings. The van der Waals surface area contributed by atoms with Crippen LogP contribution < -0.4 is 5.32 Å². The van der Waals surface area contributed by atoms with Crippen molar-refractivity contribution in [2.45, 2.75) is 50.8 Å². The van der Waals surface area contributed by atoms with Crippen LogP contribution >= 0.6 is 11.3 Å². The Morgan fingerprint density at radius 2 is 2.36 bits per heavy atom. The van der Waals surface area contributed by atoms with E-state index in [0.717, 1.165) is 36.4 Å². The van der Waals surface area contributed by atoms with Gasteiger partial charge >= 0.3 is 6.03 Å². The topological polar surface area (TPSA) is 70.2 Å². The highest BCUT2D eigenvalue weighted by Gasteiger charge is 2.26. The van der Waals surface area contributed by atoms with E-state index in [0.29, 0.717) is 25.6 Å². The molecule has 6 nitrogen and oxygen atoms in total. The van der Waals surface area contributed by atoms with E-state index in [4.69, 9.17) is 4.74 Å². The van der Waals surface area contributed by atoms with Crippen LogP contribution in [0.1, 0.15) is 48.6 Å². The predicted octanol–water partition coefficient (Wildman–Crippen LogP) is 3.24. The lowest BCUT2D eigenvalue weighted by Crippen LogP contribution is -2.43. The maximum atomic E-state index is 12.7. The predicted molar refractivity (Wildman–Crippen MR) is 96.5 cm³/mol. The third kappa shape index (κ3) is 4.41. The number of aromatic nitrogens is 2. The second-order valence-corrected chi connectivity index (χ2v) is 7.68. The van der Waals surface area contributed by atoms with E-state index >= 15 is 0 Å². The van der Waals surface area contributed by atoms with E-state index in [2.05, 4.69) is 33.0 Å². The lowest BCUT2D eigenvalue weighted by atomic mass is 10.2. The summed E-state index contributed by atoms with van der Waals surface area (Å²) in [5, 5.41) is 14.5. The maximum Gasteiger partial charge on any atom is 0.318 e. The van der Waals surface area contributed by atoms with Crippen molar-refractivity contribution in [3.05, 3.63) is 39.8 Å². The largest absolute Gasteiger partial charge is 0.376 e. The number of hydrogen-bond acceptors (Lipinski definition) is 4. The summed E-state index contributed by atoms with van der Waals surface area (Å²) >= 11 is 1.65. The van der Waals surface area contributed by atoms with E-state index < -0.39 is 0 Å². The van der Waals surface area contributed by atoms with Crippen LogP contribution in [0.5, 0.6) is 0 Å². The first-order valence-corrected chi connectivity index (χ1v) is 9.92. The minimum absolute atomic E-state index is 0.0516. The van der Waals surface area contributed by atoms with Crippen molar-refractivity contribution in [3.63, 3.8) is 0 Å².